The number of carbonyl (C=O) groups excluding carboxylic acids is 2. The molecule has 0 unspecified atom stereocenters. The summed E-state index contributed by atoms with van der Waals surface area (Å²) in [4.78, 5) is 28.1. The minimum absolute atomic E-state index is 0.0536. The maximum Gasteiger partial charge on any atom is 0.287 e. The van der Waals surface area contributed by atoms with E-state index in [0.717, 1.165) is 29.9 Å². The number of carbonyl (C=O) groups is 2. The standard InChI is InChI=1S/C31H29ClN4O3/c1-3-36(4-2)26-16-10-22(11-17-26)20-28(34-30(37)24-8-6-5-7-9-24)31(38)35-33-21-27-18-19-29(39-27)23-12-14-25(32)15-13-23/h5-21H,3-4H2,1-2H3,(H,34,37)(H,35,38). The molecule has 8 heteroatoms. The number of furan rings is 1. The molecule has 7 nitrogen and oxygen atoms in total. The molecule has 0 aliphatic carbocycles. The Morgan fingerprint density at radius 3 is 2.26 bits per heavy atom. The molecule has 0 bridgehead atoms. The third kappa shape index (κ3) is 7.46. The summed E-state index contributed by atoms with van der Waals surface area (Å²) >= 11 is 5.95. The SMILES string of the molecule is CCN(CC)c1ccc(C=C(NC(=O)c2ccccc2)C(=O)NN=Cc2ccc(-c3ccc(Cl)cc3)o2)cc1. The zero-order valence-corrected chi connectivity index (χ0v) is 22.5. The normalized spacial score (nSPS) is 11.4. The summed E-state index contributed by atoms with van der Waals surface area (Å²) in [7, 11) is 0. The number of halogens is 1. The number of hydrogen-bond donors (Lipinski definition) is 2. The molecule has 0 saturated carbocycles. The van der Waals surface area contributed by atoms with Crippen molar-refractivity contribution in [3.63, 3.8) is 0 Å². The van der Waals surface area contributed by atoms with Crippen molar-refractivity contribution in [3.8, 4) is 11.3 Å². The molecule has 4 aromatic rings. The van der Waals surface area contributed by atoms with Gasteiger partial charge in [-0.3, -0.25) is 9.59 Å². The molecule has 0 radical (unpaired) electrons. The van der Waals surface area contributed by atoms with Gasteiger partial charge in [0.2, 0.25) is 0 Å². The zero-order valence-electron chi connectivity index (χ0n) is 21.7. The van der Waals surface area contributed by atoms with Gasteiger partial charge in [-0.05, 0) is 86.2 Å². The van der Waals surface area contributed by atoms with E-state index in [2.05, 4.69) is 34.6 Å². The maximum absolute atomic E-state index is 13.1. The number of nitrogens with one attached hydrogen (secondary N) is 2. The fourth-order valence-corrected chi connectivity index (χ4v) is 4.01. The summed E-state index contributed by atoms with van der Waals surface area (Å²) in [5.74, 6) is 0.113. The Morgan fingerprint density at radius 1 is 0.897 bits per heavy atom. The first-order valence-electron chi connectivity index (χ1n) is 12.6. The summed E-state index contributed by atoms with van der Waals surface area (Å²) in [5.41, 5.74) is 5.66. The van der Waals surface area contributed by atoms with Gasteiger partial charge in [0.05, 0.1) is 6.21 Å². The largest absolute Gasteiger partial charge is 0.455 e. The third-order valence-corrected chi connectivity index (χ3v) is 6.23. The Morgan fingerprint density at radius 2 is 1.59 bits per heavy atom. The van der Waals surface area contributed by atoms with Crippen LogP contribution in [-0.4, -0.2) is 31.1 Å². The highest BCUT2D eigenvalue weighted by molar-refractivity contribution is 6.30. The summed E-state index contributed by atoms with van der Waals surface area (Å²) in [6.07, 6.45) is 3.01. The van der Waals surface area contributed by atoms with Crippen LogP contribution >= 0.6 is 11.6 Å². The van der Waals surface area contributed by atoms with E-state index >= 15 is 0 Å². The Balaban J connectivity index is 1.51. The second-order valence-corrected chi connectivity index (χ2v) is 8.99. The highest BCUT2D eigenvalue weighted by atomic mass is 35.5. The lowest BCUT2D eigenvalue weighted by molar-refractivity contribution is -0.117. The van der Waals surface area contributed by atoms with Crippen LogP contribution in [0.3, 0.4) is 0 Å². The van der Waals surface area contributed by atoms with Crippen LogP contribution in [0.2, 0.25) is 5.02 Å². The van der Waals surface area contributed by atoms with Crippen molar-refractivity contribution in [1.29, 1.82) is 0 Å². The Kier molecular flexibility index (Phi) is 9.32. The van der Waals surface area contributed by atoms with E-state index in [1.807, 2.05) is 42.5 Å². The number of amides is 2. The van der Waals surface area contributed by atoms with Gasteiger partial charge in [0.25, 0.3) is 11.8 Å². The second-order valence-electron chi connectivity index (χ2n) is 8.55. The number of hydrogen-bond acceptors (Lipinski definition) is 5. The number of hydrazone groups is 1. The van der Waals surface area contributed by atoms with Crippen LogP contribution in [-0.2, 0) is 4.79 Å². The van der Waals surface area contributed by atoms with Crippen LogP contribution in [0.25, 0.3) is 17.4 Å². The molecule has 0 fully saturated rings. The molecule has 0 atom stereocenters. The van der Waals surface area contributed by atoms with E-state index in [-0.39, 0.29) is 5.70 Å². The molecule has 0 aliphatic rings. The van der Waals surface area contributed by atoms with Crippen molar-refractivity contribution in [1.82, 2.24) is 10.7 Å². The highest BCUT2D eigenvalue weighted by Crippen LogP contribution is 2.23. The molecule has 3 aromatic carbocycles. The minimum atomic E-state index is -0.576. The molecule has 0 spiro atoms. The van der Waals surface area contributed by atoms with Crippen molar-refractivity contribution in [2.24, 2.45) is 5.10 Å². The molecule has 1 heterocycles. The quantitative estimate of drug-likeness (QED) is 0.139. The summed E-state index contributed by atoms with van der Waals surface area (Å²) in [6, 6.07) is 27.3. The monoisotopic (exact) mass is 540 g/mol. The van der Waals surface area contributed by atoms with Crippen LogP contribution in [0.5, 0.6) is 0 Å². The van der Waals surface area contributed by atoms with Crippen molar-refractivity contribution in [3.05, 3.63) is 119 Å². The Bertz CT molecular complexity index is 1460. The molecule has 39 heavy (non-hydrogen) atoms. The topological polar surface area (TPSA) is 86.9 Å². The fourth-order valence-electron chi connectivity index (χ4n) is 3.89. The van der Waals surface area contributed by atoms with Gasteiger partial charge in [0.15, 0.2) is 0 Å². The van der Waals surface area contributed by atoms with Crippen LogP contribution < -0.4 is 15.6 Å². The number of benzene rings is 3. The molecular formula is C31H29ClN4O3. The predicted molar refractivity (Wildman–Crippen MR) is 157 cm³/mol. The van der Waals surface area contributed by atoms with E-state index in [1.54, 1.807) is 54.6 Å². The van der Waals surface area contributed by atoms with E-state index in [4.69, 9.17) is 16.0 Å². The van der Waals surface area contributed by atoms with E-state index in [9.17, 15) is 9.59 Å². The lowest BCUT2D eigenvalue weighted by Crippen LogP contribution is -2.32. The van der Waals surface area contributed by atoms with Crippen molar-refractivity contribution in [2.75, 3.05) is 18.0 Å². The molecule has 2 N–H and O–H groups in total. The smallest absolute Gasteiger partial charge is 0.287 e. The van der Waals surface area contributed by atoms with E-state index in [1.165, 1.54) is 6.21 Å². The van der Waals surface area contributed by atoms with Crippen LogP contribution in [0.1, 0.15) is 35.5 Å². The van der Waals surface area contributed by atoms with Gasteiger partial charge in [-0.1, -0.05) is 41.9 Å². The summed E-state index contributed by atoms with van der Waals surface area (Å²) < 4.78 is 5.79. The molecule has 2 amide bonds. The van der Waals surface area contributed by atoms with Crippen LogP contribution in [0, 0.1) is 0 Å². The number of nitrogens with zero attached hydrogens (tertiary/aromatic N) is 2. The lowest BCUT2D eigenvalue weighted by atomic mass is 10.1. The second kappa shape index (κ2) is 13.3. The van der Waals surface area contributed by atoms with Crippen molar-refractivity contribution in [2.45, 2.75) is 13.8 Å². The van der Waals surface area contributed by atoms with Gasteiger partial charge in [0, 0.05) is 34.9 Å². The average molecular weight is 541 g/mol. The first-order valence-corrected chi connectivity index (χ1v) is 13.0. The molecule has 4 rings (SSSR count). The number of anilines is 1. The summed E-state index contributed by atoms with van der Waals surface area (Å²) in [6.45, 7) is 5.98. The van der Waals surface area contributed by atoms with Crippen molar-refractivity contribution < 1.29 is 14.0 Å². The first-order chi connectivity index (χ1) is 19.0. The van der Waals surface area contributed by atoms with Crippen molar-refractivity contribution >= 4 is 41.4 Å². The molecular weight excluding hydrogens is 512 g/mol. The predicted octanol–water partition coefficient (Wildman–Crippen LogP) is 6.37. The first kappa shape index (κ1) is 27.4. The summed E-state index contributed by atoms with van der Waals surface area (Å²) in [5, 5.41) is 7.38. The van der Waals surface area contributed by atoms with Gasteiger partial charge in [0.1, 0.15) is 17.2 Å². The van der Waals surface area contributed by atoms with Gasteiger partial charge < -0.3 is 14.6 Å². The van der Waals surface area contributed by atoms with Crippen LogP contribution in [0.4, 0.5) is 5.69 Å². The van der Waals surface area contributed by atoms with Gasteiger partial charge in [-0.15, -0.1) is 0 Å². The van der Waals surface area contributed by atoms with E-state index in [0.29, 0.717) is 22.1 Å². The highest BCUT2D eigenvalue weighted by Gasteiger charge is 2.15. The van der Waals surface area contributed by atoms with Gasteiger partial charge >= 0.3 is 0 Å². The minimum Gasteiger partial charge on any atom is -0.455 e. The maximum atomic E-state index is 13.1. The Hall–Kier alpha value is -4.62. The van der Waals surface area contributed by atoms with Gasteiger partial charge in [-0.2, -0.15) is 5.10 Å². The van der Waals surface area contributed by atoms with E-state index < -0.39 is 11.8 Å². The molecule has 0 saturated heterocycles. The Labute approximate surface area is 232 Å². The number of rotatable bonds is 10. The van der Waals surface area contributed by atoms with Gasteiger partial charge in [-0.25, -0.2) is 5.43 Å². The molecule has 1 aromatic heterocycles. The van der Waals surface area contributed by atoms with Crippen LogP contribution in [0.15, 0.2) is 106 Å². The third-order valence-electron chi connectivity index (χ3n) is 5.97. The molecule has 0 aliphatic heterocycles. The fraction of sp³-hybridized carbons (Fsp3) is 0.129. The average Bonchev–Trinajstić information content (AvgIpc) is 3.44. The molecule has 198 valence electrons. The lowest BCUT2D eigenvalue weighted by Gasteiger charge is -2.20. The zero-order chi connectivity index (χ0) is 27.6.